The van der Waals surface area contributed by atoms with Crippen LogP contribution in [0.4, 0.5) is 0 Å². The van der Waals surface area contributed by atoms with Crippen molar-refractivity contribution in [2.45, 2.75) is 185 Å². The van der Waals surface area contributed by atoms with Gasteiger partial charge in [-0.05, 0) is 0 Å². The van der Waals surface area contributed by atoms with Crippen LogP contribution in [0.15, 0.2) is 36.4 Å². The van der Waals surface area contributed by atoms with E-state index in [1.165, 1.54) is 151 Å². The van der Waals surface area contributed by atoms with Crippen molar-refractivity contribution in [2.75, 3.05) is 0 Å². The molecular weight excluding hydrogens is 942 g/mol. The summed E-state index contributed by atoms with van der Waals surface area (Å²) < 4.78 is 6.59. The van der Waals surface area contributed by atoms with Gasteiger partial charge < -0.3 is 0 Å². The first kappa shape index (κ1) is 45.2. The fraction of sp³-hybridized carbons (Fsp3) is 0.625. The third-order valence-corrected chi connectivity index (χ3v) is 34.8. The molecule has 0 aliphatic rings. The van der Waals surface area contributed by atoms with E-state index in [2.05, 4.69) is 125 Å². The monoisotopic (exact) mass is 1020 g/mol. The quantitative estimate of drug-likeness (QED) is 0.0382. The zero-order valence-electron chi connectivity index (χ0n) is 35.7. The van der Waals surface area contributed by atoms with Gasteiger partial charge in [0.05, 0.1) is 0 Å². The summed E-state index contributed by atoms with van der Waals surface area (Å²) in [6.45, 7) is 4.63. The molecule has 298 valence electrons. The van der Waals surface area contributed by atoms with Crippen molar-refractivity contribution >= 4 is 108 Å². The first-order valence-electron chi connectivity index (χ1n) is 22.2. The topological polar surface area (TPSA) is 0 Å². The van der Waals surface area contributed by atoms with Gasteiger partial charge in [-0.25, -0.2) is 0 Å². The van der Waals surface area contributed by atoms with Crippen molar-refractivity contribution in [2.24, 2.45) is 0 Å². The Bertz CT molecular complexity index is 1650. The van der Waals surface area contributed by atoms with Crippen LogP contribution >= 0.6 is 45.3 Å². The van der Waals surface area contributed by atoms with Crippen LogP contribution < -0.4 is 5.79 Å². The average Bonchev–Trinajstić information content (AvgIpc) is 3.95. The molecule has 0 bridgehead atoms. The fourth-order valence-electron chi connectivity index (χ4n) is 7.86. The van der Waals surface area contributed by atoms with Crippen molar-refractivity contribution in [1.82, 2.24) is 0 Å². The first-order chi connectivity index (χ1) is 26.0. The number of hydrogen-bond donors (Lipinski definition) is 0. The second kappa shape index (κ2) is 22.5. The number of fused-ring (bicyclic) bond motifs is 2. The number of rotatable bonds is 26. The molecule has 0 unspecified atom stereocenters. The molecular formula is C48H74S4Sn2. The van der Waals surface area contributed by atoms with Crippen molar-refractivity contribution < 1.29 is 0 Å². The van der Waals surface area contributed by atoms with Crippen molar-refractivity contribution in [1.29, 1.82) is 0 Å². The van der Waals surface area contributed by atoms with Gasteiger partial charge in [-0.2, -0.15) is 0 Å². The summed E-state index contributed by atoms with van der Waals surface area (Å²) >= 11 is 3.91. The summed E-state index contributed by atoms with van der Waals surface area (Å²) in [4.78, 5) is 21.9. The van der Waals surface area contributed by atoms with Gasteiger partial charge in [0, 0.05) is 0 Å². The maximum absolute atomic E-state index is 2.69. The molecule has 0 radical (unpaired) electrons. The van der Waals surface area contributed by atoms with Crippen LogP contribution in [-0.2, 0) is 12.8 Å². The van der Waals surface area contributed by atoms with Crippen LogP contribution in [0.1, 0.15) is 152 Å². The average molecular weight is 1020 g/mol. The molecule has 0 spiro atoms. The summed E-state index contributed by atoms with van der Waals surface area (Å²) in [5.74, 6) is 0. The molecule has 0 saturated carbocycles. The summed E-state index contributed by atoms with van der Waals surface area (Å²) in [6.07, 6.45) is 30.6. The Morgan fingerprint density at radius 1 is 0.389 bits per heavy atom. The Balaban J connectivity index is 1.36. The van der Waals surface area contributed by atoms with Gasteiger partial charge in [0.15, 0.2) is 0 Å². The number of thiophene rings is 4. The first-order valence-corrected chi connectivity index (χ1v) is 45.5. The molecule has 4 aromatic heterocycles. The van der Waals surface area contributed by atoms with E-state index in [9.17, 15) is 0 Å². The number of hydrogen-bond acceptors (Lipinski definition) is 4. The van der Waals surface area contributed by atoms with Crippen LogP contribution in [0.25, 0.3) is 41.1 Å². The molecule has 0 nitrogen and oxygen atoms in total. The van der Waals surface area contributed by atoms with E-state index in [0.29, 0.717) is 0 Å². The van der Waals surface area contributed by atoms with Crippen LogP contribution in [-0.4, -0.2) is 36.8 Å². The van der Waals surface area contributed by atoms with Crippen molar-refractivity contribution in [3.05, 3.63) is 46.2 Å². The minimum absolute atomic E-state index is 1.24. The predicted molar refractivity (Wildman–Crippen MR) is 261 cm³/mol. The molecule has 5 rings (SSSR count). The third kappa shape index (κ3) is 13.1. The van der Waals surface area contributed by atoms with Crippen LogP contribution in [0, 0.1) is 0 Å². The summed E-state index contributed by atoms with van der Waals surface area (Å²) in [5, 5.41) is 3.11. The molecule has 1 aromatic carbocycles. The molecule has 0 aliphatic carbocycles. The van der Waals surface area contributed by atoms with Crippen LogP contribution in [0.2, 0.25) is 29.6 Å². The van der Waals surface area contributed by atoms with E-state index in [4.69, 9.17) is 0 Å². The third-order valence-electron chi connectivity index (χ3n) is 11.3. The molecule has 0 saturated heterocycles. The minimum atomic E-state index is -2.32. The molecule has 0 atom stereocenters. The SMILES string of the molecule is CCCCCCCCCCCCc1ccc(-c2c3c[c]([Sn]([CH3])([CH3])[CH3])sc3c(-c3ccc(CCCCCCCCCCCC)s3)c3c[c]([Sn]([CH3])([CH3])[CH3])sc23)s1. The Kier molecular flexibility index (Phi) is 18.8. The van der Waals surface area contributed by atoms with E-state index in [-0.39, 0.29) is 0 Å². The normalized spacial score (nSPS) is 12.6. The van der Waals surface area contributed by atoms with Crippen molar-refractivity contribution in [3.8, 4) is 20.9 Å². The molecule has 0 amide bonds. The van der Waals surface area contributed by atoms with Gasteiger partial charge in [0.25, 0.3) is 0 Å². The molecule has 6 heteroatoms. The molecule has 5 aromatic rings. The van der Waals surface area contributed by atoms with E-state index >= 15 is 0 Å². The van der Waals surface area contributed by atoms with Gasteiger partial charge >= 0.3 is 269 Å². The van der Waals surface area contributed by atoms with E-state index in [1.807, 2.05) is 0 Å². The number of unbranched alkanes of at least 4 members (excludes halogenated alkanes) is 18. The molecule has 0 N–H and O–H groups in total. The number of benzene rings is 1. The van der Waals surface area contributed by atoms with E-state index in [0.717, 1.165) is 0 Å². The Labute approximate surface area is 356 Å². The standard InChI is InChI=1S/C42H56S4.6CH3.2Sn/c1-3-5-7-9-11-13-15-17-19-21-23-33-25-27-37(45-33)39-35-29-31-44-42(35)40(36-30-32-43-41(36)39)38-28-26-34(46-38)24-22-20-18-16-14-12-10-8-6-4-2;;;;;;;;/h25-30H,3-24H2,1-2H3;6*1H3;;. The van der Waals surface area contributed by atoms with Crippen LogP contribution in [0.5, 0.6) is 0 Å². The van der Waals surface area contributed by atoms with E-state index < -0.39 is 36.8 Å². The van der Waals surface area contributed by atoms with Crippen molar-refractivity contribution in [3.63, 3.8) is 0 Å². The van der Waals surface area contributed by atoms with Gasteiger partial charge in [-0.3, -0.25) is 0 Å². The molecule has 0 aliphatic heterocycles. The zero-order valence-corrected chi connectivity index (χ0v) is 44.6. The van der Waals surface area contributed by atoms with Gasteiger partial charge in [0.2, 0.25) is 0 Å². The fourth-order valence-corrected chi connectivity index (χ4v) is 23.1. The van der Waals surface area contributed by atoms with Gasteiger partial charge in [-0.15, -0.1) is 0 Å². The zero-order chi connectivity index (χ0) is 38.6. The summed E-state index contributed by atoms with van der Waals surface area (Å²) in [7, 11) is 0. The van der Waals surface area contributed by atoms with E-state index in [1.54, 1.807) is 46.8 Å². The number of aryl methyl sites for hydroxylation is 2. The van der Waals surface area contributed by atoms with Gasteiger partial charge in [0.1, 0.15) is 0 Å². The Hall–Kier alpha value is 0.137. The maximum atomic E-state index is 2.69. The second-order valence-corrected chi connectivity index (χ2v) is 53.6. The second-order valence-electron chi connectivity index (χ2n) is 18.4. The molecule has 0 fully saturated rings. The predicted octanol–water partition coefficient (Wildman–Crippen LogP) is 17.6. The van der Waals surface area contributed by atoms with Crippen LogP contribution in [0.3, 0.4) is 0 Å². The molecule has 4 heterocycles. The molecule has 54 heavy (non-hydrogen) atoms. The van der Waals surface area contributed by atoms with Gasteiger partial charge in [-0.1, -0.05) is 90.9 Å². The Morgan fingerprint density at radius 2 is 0.704 bits per heavy atom. The Morgan fingerprint density at radius 3 is 1.02 bits per heavy atom. The summed E-state index contributed by atoms with van der Waals surface area (Å²) in [6, 6.07) is 15.3. The summed E-state index contributed by atoms with van der Waals surface area (Å²) in [5.41, 5.74) is 3.13.